The molecule has 120 valence electrons. The summed E-state index contributed by atoms with van der Waals surface area (Å²) in [6, 6.07) is 6.42. The van der Waals surface area contributed by atoms with Gasteiger partial charge in [-0.05, 0) is 44.0 Å². The van der Waals surface area contributed by atoms with Crippen LogP contribution in [0, 0.1) is 13.8 Å². The Hall–Kier alpha value is -2.08. The highest BCUT2D eigenvalue weighted by Crippen LogP contribution is 2.34. The van der Waals surface area contributed by atoms with Crippen LogP contribution in [0.25, 0.3) is 5.69 Å². The molecule has 1 unspecified atom stereocenters. The number of aromatic nitrogens is 4. The van der Waals surface area contributed by atoms with E-state index >= 15 is 0 Å². The summed E-state index contributed by atoms with van der Waals surface area (Å²) in [4.78, 5) is 8.87. The van der Waals surface area contributed by atoms with E-state index in [2.05, 4.69) is 58.7 Å². The van der Waals surface area contributed by atoms with E-state index in [1.165, 1.54) is 11.1 Å². The van der Waals surface area contributed by atoms with E-state index in [0.29, 0.717) is 5.89 Å². The summed E-state index contributed by atoms with van der Waals surface area (Å²) in [6.07, 6.45) is 4.57. The fourth-order valence-corrected chi connectivity index (χ4v) is 3.15. The zero-order valence-corrected chi connectivity index (χ0v) is 14.6. The van der Waals surface area contributed by atoms with E-state index in [-0.39, 0.29) is 5.25 Å². The molecular formula is C17H20N4OS. The van der Waals surface area contributed by atoms with Crippen molar-refractivity contribution in [3.63, 3.8) is 0 Å². The van der Waals surface area contributed by atoms with Crippen molar-refractivity contribution in [2.24, 2.45) is 0 Å². The zero-order valence-electron chi connectivity index (χ0n) is 13.8. The molecule has 23 heavy (non-hydrogen) atoms. The van der Waals surface area contributed by atoms with Gasteiger partial charge in [0.25, 0.3) is 0 Å². The number of aryl methyl sites for hydroxylation is 3. The average molecular weight is 328 g/mol. The molecule has 0 radical (unpaired) electrons. The lowest BCUT2D eigenvalue weighted by Gasteiger charge is -2.11. The van der Waals surface area contributed by atoms with Gasteiger partial charge in [-0.25, -0.2) is 4.98 Å². The number of rotatable bonds is 5. The minimum atomic E-state index is 0.0514. The molecule has 6 heteroatoms. The van der Waals surface area contributed by atoms with Crippen LogP contribution in [0.3, 0.4) is 0 Å². The van der Waals surface area contributed by atoms with E-state index < -0.39 is 0 Å². The second-order valence-electron chi connectivity index (χ2n) is 5.51. The Morgan fingerprint density at radius 3 is 2.78 bits per heavy atom. The molecule has 0 amide bonds. The van der Waals surface area contributed by atoms with E-state index in [9.17, 15) is 0 Å². The lowest BCUT2D eigenvalue weighted by Crippen LogP contribution is -1.98. The molecule has 0 N–H and O–H groups in total. The molecule has 0 saturated heterocycles. The van der Waals surface area contributed by atoms with Crippen LogP contribution < -0.4 is 0 Å². The lowest BCUT2D eigenvalue weighted by atomic mass is 10.1. The van der Waals surface area contributed by atoms with Crippen molar-refractivity contribution in [3.8, 4) is 5.69 Å². The standard InChI is InChI=1S/C17H20N4OS/c1-5-15-19-16(22-20-15)13(4)23-17-18-8-9-21(17)14-7-6-11(2)12(3)10-14/h6-10,13H,5H2,1-4H3. The summed E-state index contributed by atoms with van der Waals surface area (Å²) < 4.78 is 7.42. The van der Waals surface area contributed by atoms with Gasteiger partial charge in [0.15, 0.2) is 11.0 Å². The highest BCUT2D eigenvalue weighted by Gasteiger charge is 2.18. The van der Waals surface area contributed by atoms with Crippen molar-refractivity contribution in [2.75, 3.05) is 0 Å². The van der Waals surface area contributed by atoms with Crippen LogP contribution in [0.4, 0.5) is 0 Å². The Morgan fingerprint density at radius 2 is 2.09 bits per heavy atom. The van der Waals surface area contributed by atoms with Crippen molar-refractivity contribution in [2.45, 2.75) is 44.5 Å². The van der Waals surface area contributed by atoms with Crippen LogP contribution in [0.1, 0.15) is 41.9 Å². The molecule has 3 aromatic rings. The molecule has 0 saturated carbocycles. The first-order valence-electron chi connectivity index (χ1n) is 7.68. The maximum absolute atomic E-state index is 5.33. The van der Waals surface area contributed by atoms with E-state index in [4.69, 9.17) is 4.52 Å². The molecule has 0 spiro atoms. The third-order valence-corrected chi connectivity index (χ3v) is 4.87. The predicted molar refractivity (Wildman–Crippen MR) is 91.0 cm³/mol. The number of imidazole rings is 1. The number of hydrogen-bond acceptors (Lipinski definition) is 5. The summed E-state index contributed by atoms with van der Waals surface area (Å²) >= 11 is 1.61. The molecular weight excluding hydrogens is 308 g/mol. The third-order valence-electron chi connectivity index (χ3n) is 3.81. The molecule has 5 nitrogen and oxygen atoms in total. The molecule has 1 atom stereocenters. The van der Waals surface area contributed by atoms with Gasteiger partial charge in [-0.1, -0.05) is 29.9 Å². The summed E-state index contributed by atoms with van der Waals surface area (Å²) in [5, 5.41) is 4.93. The fraction of sp³-hybridized carbons (Fsp3) is 0.353. The maximum Gasteiger partial charge on any atom is 0.239 e. The smallest absolute Gasteiger partial charge is 0.239 e. The van der Waals surface area contributed by atoms with Gasteiger partial charge in [-0.2, -0.15) is 4.98 Å². The van der Waals surface area contributed by atoms with Crippen molar-refractivity contribution >= 4 is 11.8 Å². The second kappa shape index (κ2) is 6.58. The van der Waals surface area contributed by atoms with Crippen LogP contribution in [-0.4, -0.2) is 19.7 Å². The molecule has 0 aliphatic heterocycles. The quantitative estimate of drug-likeness (QED) is 0.654. The van der Waals surface area contributed by atoms with Crippen LogP contribution >= 0.6 is 11.8 Å². The second-order valence-corrected chi connectivity index (χ2v) is 6.82. The number of hydrogen-bond donors (Lipinski definition) is 0. The van der Waals surface area contributed by atoms with Crippen molar-refractivity contribution < 1.29 is 4.52 Å². The first kappa shape index (κ1) is 15.8. The highest BCUT2D eigenvalue weighted by atomic mass is 32.2. The topological polar surface area (TPSA) is 56.7 Å². The van der Waals surface area contributed by atoms with Crippen LogP contribution in [0.15, 0.2) is 40.3 Å². The first-order chi connectivity index (χ1) is 11.1. The van der Waals surface area contributed by atoms with Gasteiger partial charge in [0.2, 0.25) is 5.89 Å². The summed E-state index contributed by atoms with van der Waals surface area (Å²) in [7, 11) is 0. The fourth-order valence-electron chi connectivity index (χ4n) is 2.23. The minimum Gasteiger partial charge on any atom is -0.338 e. The van der Waals surface area contributed by atoms with Crippen LogP contribution in [0.5, 0.6) is 0 Å². The Balaban J connectivity index is 1.84. The van der Waals surface area contributed by atoms with Crippen molar-refractivity contribution in [3.05, 3.63) is 53.4 Å². The van der Waals surface area contributed by atoms with Crippen LogP contribution in [-0.2, 0) is 6.42 Å². The Kier molecular flexibility index (Phi) is 4.52. The van der Waals surface area contributed by atoms with Gasteiger partial charge in [0, 0.05) is 24.5 Å². The van der Waals surface area contributed by atoms with Gasteiger partial charge in [0.1, 0.15) is 0 Å². The van der Waals surface area contributed by atoms with Gasteiger partial charge in [-0.3, -0.25) is 4.57 Å². The van der Waals surface area contributed by atoms with Gasteiger partial charge in [0.05, 0.1) is 5.25 Å². The molecule has 0 aliphatic rings. The zero-order chi connectivity index (χ0) is 16.4. The molecule has 3 rings (SSSR count). The Labute approximate surface area is 140 Å². The molecule has 2 aromatic heterocycles. The minimum absolute atomic E-state index is 0.0514. The SMILES string of the molecule is CCc1noc(C(C)Sc2nccn2-c2ccc(C)c(C)c2)n1. The van der Waals surface area contributed by atoms with Gasteiger partial charge >= 0.3 is 0 Å². The van der Waals surface area contributed by atoms with Crippen molar-refractivity contribution in [1.82, 2.24) is 19.7 Å². The average Bonchev–Trinajstić information content (AvgIpc) is 3.19. The Bertz CT molecular complexity index is 809. The van der Waals surface area contributed by atoms with Gasteiger partial charge in [-0.15, -0.1) is 0 Å². The molecule has 2 heterocycles. The molecule has 0 bridgehead atoms. The third kappa shape index (κ3) is 3.32. The normalized spacial score (nSPS) is 12.5. The van der Waals surface area contributed by atoms with Crippen LogP contribution in [0.2, 0.25) is 0 Å². The predicted octanol–water partition coefficient (Wildman–Crippen LogP) is 4.29. The molecule has 0 aliphatic carbocycles. The van der Waals surface area contributed by atoms with E-state index in [1.807, 2.05) is 19.3 Å². The van der Waals surface area contributed by atoms with Crippen molar-refractivity contribution in [1.29, 1.82) is 0 Å². The molecule has 0 fully saturated rings. The number of nitrogens with zero attached hydrogens (tertiary/aromatic N) is 4. The summed E-state index contributed by atoms with van der Waals surface area (Å²) in [5.41, 5.74) is 3.67. The maximum atomic E-state index is 5.33. The highest BCUT2D eigenvalue weighted by molar-refractivity contribution is 7.99. The Morgan fingerprint density at radius 1 is 1.26 bits per heavy atom. The largest absolute Gasteiger partial charge is 0.338 e. The van der Waals surface area contributed by atoms with Gasteiger partial charge < -0.3 is 4.52 Å². The summed E-state index contributed by atoms with van der Waals surface area (Å²) in [6.45, 7) is 8.30. The first-order valence-corrected chi connectivity index (χ1v) is 8.56. The van der Waals surface area contributed by atoms with E-state index in [0.717, 1.165) is 23.1 Å². The lowest BCUT2D eigenvalue weighted by molar-refractivity contribution is 0.375. The monoisotopic (exact) mass is 328 g/mol. The number of thioether (sulfide) groups is 1. The number of benzene rings is 1. The summed E-state index contributed by atoms with van der Waals surface area (Å²) in [5.74, 6) is 1.38. The van der Waals surface area contributed by atoms with E-state index in [1.54, 1.807) is 11.8 Å². The molecule has 1 aromatic carbocycles.